The van der Waals surface area contributed by atoms with Crippen LogP contribution < -0.4 is 10.6 Å². The summed E-state index contributed by atoms with van der Waals surface area (Å²) in [5.74, 6) is -1.54. The van der Waals surface area contributed by atoms with Gasteiger partial charge in [-0.25, -0.2) is 0 Å². The van der Waals surface area contributed by atoms with Crippen LogP contribution in [-0.2, 0) is 23.9 Å². The van der Waals surface area contributed by atoms with Crippen LogP contribution in [-0.4, -0.2) is 51.4 Å². The number of hydrogen-bond donors (Lipinski definition) is 4. The molecule has 2 aliphatic carbocycles. The van der Waals surface area contributed by atoms with Crippen LogP contribution in [0.3, 0.4) is 0 Å². The first-order chi connectivity index (χ1) is 17.6. The molecule has 0 radical (unpaired) electrons. The lowest BCUT2D eigenvalue weighted by Gasteiger charge is -2.23. The second-order valence-corrected chi connectivity index (χ2v) is 9.55. The van der Waals surface area contributed by atoms with Crippen molar-refractivity contribution in [3.8, 4) is 0 Å². The Hall–Kier alpha value is -3.56. The Balaban J connectivity index is 1.59. The average molecular weight is 511 g/mol. The summed E-state index contributed by atoms with van der Waals surface area (Å²) < 4.78 is 5.37. The van der Waals surface area contributed by atoms with E-state index < -0.39 is 29.6 Å². The number of epoxide rings is 1. The number of carbonyl (C=O) groups excluding carboxylic acids is 4. The number of Topliss-reactive ketones (excluding diaryl/α,β-unsaturated/α-hetero) is 2. The number of nitrogens with one attached hydrogen (secondary N) is 2. The van der Waals surface area contributed by atoms with Crippen LogP contribution in [0.15, 0.2) is 71.3 Å². The molecule has 0 spiro atoms. The van der Waals surface area contributed by atoms with Crippen molar-refractivity contribution in [1.29, 1.82) is 0 Å². The zero-order chi connectivity index (χ0) is 27.2. The van der Waals surface area contributed by atoms with Crippen molar-refractivity contribution in [2.45, 2.75) is 70.7 Å². The lowest BCUT2D eigenvalue weighted by Crippen LogP contribution is -2.42. The molecule has 0 bridgehead atoms. The van der Waals surface area contributed by atoms with E-state index in [2.05, 4.69) is 17.6 Å². The van der Waals surface area contributed by atoms with Gasteiger partial charge in [0.1, 0.15) is 23.2 Å². The second-order valence-electron chi connectivity index (χ2n) is 9.55. The minimum Gasteiger partial charge on any atom is -0.510 e. The second kappa shape index (κ2) is 12.1. The summed E-state index contributed by atoms with van der Waals surface area (Å²) in [6, 6.07) is 0. The number of unbranched alkanes of at least 4 members (excludes halogenated alkanes) is 1. The fourth-order valence-electron chi connectivity index (χ4n) is 4.21. The molecule has 198 valence electrons. The van der Waals surface area contributed by atoms with Crippen molar-refractivity contribution >= 4 is 23.4 Å². The van der Waals surface area contributed by atoms with Gasteiger partial charge < -0.3 is 25.6 Å². The molecule has 1 aliphatic heterocycles. The molecular weight excluding hydrogens is 476 g/mol. The number of aliphatic hydroxyl groups excluding tert-OH is 1. The van der Waals surface area contributed by atoms with E-state index in [4.69, 9.17) is 4.74 Å². The zero-order valence-electron chi connectivity index (χ0n) is 21.3. The van der Waals surface area contributed by atoms with Crippen molar-refractivity contribution < 1.29 is 34.1 Å². The molecule has 1 fully saturated rings. The molecule has 0 aromatic heterocycles. The lowest BCUT2D eigenvalue weighted by atomic mass is 9.88. The molecule has 0 saturated carbocycles. The largest absolute Gasteiger partial charge is 0.510 e. The van der Waals surface area contributed by atoms with E-state index in [9.17, 15) is 29.4 Å². The number of amides is 2. The quantitative estimate of drug-likeness (QED) is 0.190. The van der Waals surface area contributed by atoms with Gasteiger partial charge in [0.05, 0.1) is 5.70 Å². The number of fused-ring (bicyclic) bond motifs is 1. The number of ether oxygens (including phenoxy) is 1. The first-order valence-corrected chi connectivity index (χ1v) is 12.5. The molecule has 9 heteroatoms. The summed E-state index contributed by atoms with van der Waals surface area (Å²) in [5, 5.41) is 25.6. The van der Waals surface area contributed by atoms with Crippen LogP contribution in [0, 0.1) is 5.92 Å². The summed E-state index contributed by atoms with van der Waals surface area (Å²) in [4.78, 5) is 48.7. The van der Waals surface area contributed by atoms with Gasteiger partial charge in [0, 0.05) is 24.5 Å². The predicted octanol–water partition coefficient (Wildman–Crippen LogP) is 2.76. The maximum absolute atomic E-state index is 12.6. The van der Waals surface area contributed by atoms with Gasteiger partial charge in [0.15, 0.2) is 11.9 Å². The molecule has 0 unspecified atom stereocenters. The highest BCUT2D eigenvalue weighted by atomic mass is 16.6. The highest BCUT2D eigenvalue weighted by molar-refractivity contribution is 6.07. The molecule has 37 heavy (non-hydrogen) atoms. The standard InChI is InChI=1S/C28H34N2O7/c1-4-5-10-17(2)15-18(3)27(35)29-19-16-28(36,26-25(37-26)24(19)34)14-9-7-6-8-11-22(33)30-23-20(31)12-13-21(23)32/h6-9,11,14-17,25-26,31,36H,4-5,10,12-13H2,1-3H3,(H,29,35)(H,30,33)/b7-6+,11-8+,14-9+,18-15+/t17-,25-,26-,28+/m1/s1. The Labute approximate surface area is 216 Å². The van der Waals surface area contributed by atoms with Crippen molar-refractivity contribution in [1.82, 2.24) is 10.6 Å². The van der Waals surface area contributed by atoms with E-state index in [0.29, 0.717) is 5.57 Å². The summed E-state index contributed by atoms with van der Waals surface area (Å²) in [6.45, 7) is 5.84. The molecule has 0 aromatic rings. The Morgan fingerprint density at radius 2 is 1.92 bits per heavy atom. The van der Waals surface area contributed by atoms with Gasteiger partial charge >= 0.3 is 0 Å². The number of ketones is 2. The minimum atomic E-state index is -1.59. The van der Waals surface area contributed by atoms with E-state index >= 15 is 0 Å². The molecule has 3 rings (SSSR count). The highest BCUT2D eigenvalue weighted by Gasteiger charge is 2.59. The van der Waals surface area contributed by atoms with Crippen LogP contribution >= 0.6 is 0 Å². The number of hydrogen-bond acceptors (Lipinski definition) is 7. The van der Waals surface area contributed by atoms with Gasteiger partial charge in [-0.05, 0) is 31.4 Å². The SMILES string of the molecule is CCCC[C@@H](C)/C=C(\C)C(=O)NC1=C[C@@](O)(/C=C/C=C/C=C/C(=O)NC2=C(O)CCC2=O)[C@@H]2O[C@@H]2C1=O. The van der Waals surface area contributed by atoms with Crippen molar-refractivity contribution in [2.24, 2.45) is 5.92 Å². The Morgan fingerprint density at radius 1 is 1.19 bits per heavy atom. The van der Waals surface area contributed by atoms with E-state index in [1.807, 2.05) is 13.0 Å². The number of allylic oxidation sites excluding steroid dienone is 7. The Bertz CT molecular complexity index is 1140. The molecule has 0 aromatic carbocycles. The molecule has 4 N–H and O–H groups in total. The topological polar surface area (TPSA) is 145 Å². The van der Waals surface area contributed by atoms with E-state index in [-0.39, 0.29) is 47.5 Å². The van der Waals surface area contributed by atoms with Crippen molar-refractivity contribution in [2.75, 3.05) is 0 Å². The monoisotopic (exact) mass is 510 g/mol. The molecular formula is C28H34N2O7. The fraction of sp³-hybridized carbons (Fsp3) is 0.429. The molecule has 2 amide bonds. The normalized spacial score (nSPS) is 26.7. The first kappa shape index (κ1) is 28.0. The predicted molar refractivity (Wildman–Crippen MR) is 137 cm³/mol. The molecule has 1 saturated heterocycles. The van der Waals surface area contributed by atoms with Gasteiger partial charge in [-0.3, -0.25) is 19.2 Å². The van der Waals surface area contributed by atoms with E-state index in [0.717, 1.165) is 19.3 Å². The third-order valence-corrected chi connectivity index (χ3v) is 6.35. The lowest BCUT2D eigenvalue weighted by molar-refractivity contribution is -0.121. The Kier molecular flexibility index (Phi) is 9.18. The fourth-order valence-corrected chi connectivity index (χ4v) is 4.21. The van der Waals surface area contributed by atoms with Gasteiger partial charge in [-0.1, -0.05) is 57.1 Å². The molecule has 1 heterocycles. The third kappa shape index (κ3) is 7.24. The third-order valence-electron chi connectivity index (χ3n) is 6.35. The van der Waals surface area contributed by atoms with Gasteiger partial charge in [0.2, 0.25) is 11.7 Å². The van der Waals surface area contributed by atoms with Crippen LogP contribution in [0.25, 0.3) is 0 Å². The summed E-state index contributed by atoms with van der Waals surface area (Å²) >= 11 is 0. The van der Waals surface area contributed by atoms with E-state index in [1.54, 1.807) is 13.0 Å². The van der Waals surface area contributed by atoms with Gasteiger partial charge in [-0.15, -0.1) is 0 Å². The first-order valence-electron chi connectivity index (χ1n) is 12.5. The molecule has 4 atom stereocenters. The van der Waals surface area contributed by atoms with Crippen LogP contribution in [0.2, 0.25) is 0 Å². The smallest absolute Gasteiger partial charge is 0.251 e. The van der Waals surface area contributed by atoms with Crippen molar-refractivity contribution in [3.63, 3.8) is 0 Å². The van der Waals surface area contributed by atoms with E-state index in [1.165, 1.54) is 36.5 Å². The summed E-state index contributed by atoms with van der Waals surface area (Å²) in [6.07, 6.45) is 13.8. The van der Waals surface area contributed by atoms with Crippen LogP contribution in [0.4, 0.5) is 0 Å². The zero-order valence-corrected chi connectivity index (χ0v) is 21.3. The maximum Gasteiger partial charge on any atom is 0.251 e. The van der Waals surface area contributed by atoms with Crippen LogP contribution in [0.1, 0.15) is 52.9 Å². The highest BCUT2D eigenvalue weighted by Crippen LogP contribution is 2.40. The molecule has 3 aliphatic rings. The van der Waals surface area contributed by atoms with Gasteiger partial charge in [-0.2, -0.15) is 0 Å². The summed E-state index contributed by atoms with van der Waals surface area (Å²) in [7, 11) is 0. The maximum atomic E-state index is 12.6. The number of carbonyl (C=O) groups is 4. The Morgan fingerprint density at radius 3 is 2.59 bits per heavy atom. The van der Waals surface area contributed by atoms with Gasteiger partial charge in [0.25, 0.3) is 5.91 Å². The summed E-state index contributed by atoms with van der Waals surface area (Å²) in [5.41, 5.74) is -1.17. The van der Waals surface area contributed by atoms with Crippen LogP contribution in [0.5, 0.6) is 0 Å². The van der Waals surface area contributed by atoms with Crippen molar-refractivity contribution in [3.05, 3.63) is 71.3 Å². The number of aliphatic hydroxyl groups is 2. The average Bonchev–Trinajstić information content (AvgIpc) is 3.61. The number of rotatable bonds is 11. The minimum absolute atomic E-state index is 0.00979. The molecule has 9 nitrogen and oxygen atoms in total.